The van der Waals surface area contributed by atoms with Crippen molar-refractivity contribution in [3.8, 4) is 11.3 Å². The Morgan fingerprint density at radius 1 is 1.29 bits per heavy atom. The Bertz CT molecular complexity index is 698. The number of hydrogen-bond donors (Lipinski definition) is 2. The van der Waals surface area contributed by atoms with Gasteiger partial charge in [-0.15, -0.1) is 0 Å². The Morgan fingerprint density at radius 3 is 2.71 bits per heavy atom. The standard InChI is InChI=1S/C17H19N3O/c1-11-9-14(5-8-19-11)16-12(2)15(10-21)17(20-16)13-3-6-18-7-4-13/h3-8,11,20-21H,9-10H2,1-2H3. The quantitative estimate of drug-likeness (QED) is 0.908. The molecule has 0 amide bonds. The Hall–Kier alpha value is -2.20. The molecular formula is C17H19N3O. The highest BCUT2D eigenvalue weighted by Crippen LogP contribution is 2.33. The number of aliphatic imine (C=N–C) groups is 1. The molecule has 4 heteroatoms. The third kappa shape index (κ3) is 2.54. The molecule has 1 unspecified atom stereocenters. The summed E-state index contributed by atoms with van der Waals surface area (Å²) in [6.07, 6.45) is 8.37. The van der Waals surface area contributed by atoms with Gasteiger partial charge in [0.05, 0.1) is 18.3 Å². The van der Waals surface area contributed by atoms with E-state index in [1.54, 1.807) is 12.4 Å². The second-order valence-electron chi connectivity index (χ2n) is 5.42. The summed E-state index contributed by atoms with van der Waals surface area (Å²) in [7, 11) is 0. The van der Waals surface area contributed by atoms with Gasteiger partial charge < -0.3 is 10.1 Å². The highest BCUT2D eigenvalue weighted by molar-refractivity contribution is 5.87. The molecule has 108 valence electrons. The van der Waals surface area contributed by atoms with Crippen molar-refractivity contribution in [3.63, 3.8) is 0 Å². The maximum atomic E-state index is 9.74. The van der Waals surface area contributed by atoms with E-state index < -0.39 is 0 Å². The number of nitrogens with zero attached hydrogens (tertiary/aromatic N) is 2. The van der Waals surface area contributed by atoms with Crippen LogP contribution in [-0.4, -0.2) is 27.3 Å². The van der Waals surface area contributed by atoms with Gasteiger partial charge in [0.15, 0.2) is 0 Å². The van der Waals surface area contributed by atoms with Gasteiger partial charge in [0, 0.05) is 35.4 Å². The van der Waals surface area contributed by atoms with Crippen LogP contribution >= 0.6 is 0 Å². The zero-order valence-corrected chi connectivity index (χ0v) is 12.3. The summed E-state index contributed by atoms with van der Waals surface area (Å²) in [4.78, 5) is 11.9. The minimum absolute atomic E-state index is 0.0247. The number of aliphatic hydroxyl groups excluding tert-OH is 1. The molecule has 0 fully saturated rings. The van der Waals surface area contributed by atoms with Crippen LogP contribution in [0, 0.1) is 6.92 Å². The second-order valence-corrected chi connectivity index (χ2v) is 5.42. The first-order valence-corrected chi connectivity index (χ1v) is 7.16. The molecule has 0 bridgehead atoms. The summed E-state index contributed by atoms with van der Waals surface area (Å²) in [6, 6.07) is 4.20. The lowest BCUT2D eigenvalue weighted by molar-refractivity contribution is 0.282. The Labute approximate surface area is 124 Å². The monoisotopic (exact) mass is 281 g/mol. The van der Waals surface area contributed by atoms with Crippen molar-refractivity contribution < 1.29 is 5.11 Å². The van der Waals surface area contributed by atoms with Crippen LogP contribution in [0.25, 0.3) is 16.8 Å². The van der Waals surface area contributed by atoms with E-state index >= 15 is 0 Å². The van der Waals surface area contributed by atoms with Gasteiger partial charge in [-0.3, -0.25) is 9.98 Å². The van der Waals surface area contributed by atoms with Crippen LogP contribution in [0.15, 0.2) is 35.6 Å². The van der Waals surface area contributed by atoms with Crippen LogP contribution < -0.4 is 0 Å². The molecule has 3 heterocycles. The molecule has 0 aliphatic carbocycles. The average Bonchev–Trinajstić information content (AvgIpc) is 2.85. The number of H-pyrrole nitrogens is 1. The molecular weight excluding hydrogens is 262 g/mol. The molecule has 0 saturated heterocycles. The average molecular weight is 281 g/mol. The van der Waals surface area contributed by atoms with Crippen LogP contribution in [0.5, 0.6) is 0 Å². The largest absolute Gasteiger partial charge is 0.392 e. The van der Waals surface area contributed by atoms with Crippen LogP contribution in [0.3, 0.4) is 0 Å². The molecule has 3 rings (SSSR count). The lowest BCUT2D eigenvalue weighted by atomic mass is 9.98. The van der Waals surface area contributed by atoms with Gasteiger partial charge in [0.1, 0.15) is 0 Å². The molecule has 2 aromatic heterocycles. The third-order valence-electron chi connectivity index (χ3n) is 3.96. The number of rotatable bonds is 3. The fraction of sp³-hybridized carbons (Fsp3) is 0.294. The number of aromatic amines is 1. The Morgan fingerprint density at radius 2 is 2.05 bits per heavy atom. The van der Waals surface area contributed by atoms with Crippen molar-refractivity contribution in [1.82, 2.24) is 9.97 Å². The van der Waals surface area contributed by atoms with E-state index in [4.69, 9.17) is 0 Å². The first kappa shape index (κ1) is 13.8. The van der Waals surface area contributed by atoms with E-state index in [-0.39, 0.29) is 6.61 Å². The number of aliphatic hydroxyl groups is 1. The lowest BCUT2D eigenvalue weighted by Crippen LogP contribution is -2.05. The van der Waals surface area contributed by atoms with Gasteiger partial charge in [0.2, 0.25) is 0 Å². The molecule has 0 aromatic carbocycles. The molecule has 1 atom stereocenters. The van der Waals surface area contributed by atoms with Gasteiger partial charge in [-0.1, -0.05) is 0 Å². The lowest BCUT2D eigenvalue weighted by Gasteiger charge is -2.14. The van der Waals surface area contributed by atoms with Gasteiger partial charge in [0.25, 0.3) is 0 Å². The Balaban J connectivity index is 2.10. The predicted octanol–water partition coefficient (Wildman–Crippen LogP) is 3.12. The van der Waals surface area contributed by atoms with Crippen molar-refractivity contribution >= 4 is 11.8 Å². The highest BCUT2D eigenvalue weighted by atomic mass is 16.3. The fourth-order valence-electron chi connectivity index (χ4n) is 2.82. The summed E-state index contributed by atoms with van der Waals surface area (Å²) in [5.74, 6) is 0. The minimum atomic E-state index is 0.0247. The summed E-state index contributed by atoms with van der Waals surface area (Å²) in [5, 5.41) is 9.74. The van der Waals surface area contributed by atoms with E-state index in [0.717, 1.165) is 34.5 Å². The first-order valence-electron chi connectivity index (χ1n) is 7.16. The van der Waals surface area contributed by atoms with Crippen LogP contribution in [-0.2, 0) is 6.61 Å². The van der Waals surface area contributed by atoms with Crippen LogP contribution in [0.1, 0.15) is 30.2 Å². The predicted molar refractivity (Wildman–Crippen MR) is 85.2 cm³/mol. The van der Waals surface area contributed by atoms with E-state index in [1.165, 1.54) is 5.57 Å². The third-order valence-corrected chi connectivity index (χ3v) is 3.96. The summed E-state index contributed by atoms with van der Waals surface area (Å²) in [5.41, 5.74) is 6.42. The topological polar surface area (TPSA) is 61.3 Å². The maximum absolute atomic E-state index is 9.74. The molecule has 2 N–H and O–H groups in total. The molecule has 4 nitrogen and oxygen atoms in total. The first-order chi connectivity index (χ1) is 10.2. The number of allylic oxidation sites excluding steroid dienone is 1. The summed E-state index contributed by atoms with van der Waals surface area (Å²) < 4.78 is 0. The number of dihydropyridines is 1. The van der Waals surface area contributed by atoms with E-state index in [9.17, 15) is 5.11 Å². The highest BCUT2D eigenvalue weighted by Gasteiger charge is 2.19. The Kier molecular flexibility index (Phi) is 3.71. The van der Waals surface area contributed by atoms with Gasteiger partial charge >= 0.3 is 0 Å². The van der Waals surface area contributed by atoms with Gasteiger partial charge in [-0.25, -0.2) is 0 Å². The van der Waals surface area contributed by atoms with Crippen LogP contribution in [0.4, 0.5) is 0 Å². The van der Waals surface area contributed by atoms with Crippen LogP contribution in [0.2, 0.25) is 0 Å². The van der Waals surface area contributed by atoms with Crippen molar-refractivity contribution in [2.24, 2.45) is 4.99 Å². The smallest absolute Gasteiger partial charge is 0.0705 e. The number of hydrogen-bond acceptors (Lipinski definition) is 3. The van der Waals surface area contributed by atoms with Gasteiger partial charge in [-0.2, -0.15) is 0 Å². The van der Waals surface area contributed by atoms with E-state index in [2.05, 4.69) is 34.9 Å². The van der Waals surface area contributed by atoms with Crippen molar-refractivity contribution in [1.29, 1.82) is 0 Å². The molecule has 1 aliphatic rings. The zero-order chi connectivity index (χ0) is 14.8. The summed E-state index contributed by atoms with van der Waals surface area (Å²) >= 11 is 0. The number of pyridine rings is 1. The fourth-order valence-corrected chi connectivity index (χ4v) is 2.82. The van der Waals surface area contributed by atoms with Crippen molar-refractivity contribution in [2.75, 3.05) is 0 Å². The normalized spacial score (nSPS) is 17.9. The summed E-state index contributed by atoms with van der Waals surface area (Å²) in [6.45, 7) is 4.19. The van der Waals surface area contributed by atoms with E-state index in [0.29, 0.717) is 6.04 Å². The van der Waals surface area contributed by atoms with Gasteiger partial charge in [-0.05, 0) is 49.6 Å². The molecule has 1 aliphatic heterocycles. The van der Waals surface area contributed by atoms with Crippen molar-refractivity contribution in [3.05, 3.63) is 47.4 Å². The molecule has 21 heavy (non-hydrogen) atoms. The number of aromatic nitrogens is 2. The molecule has 0 radical (unpaired) electrons. The molecule has 2 aromatic rings. The number of nitrogens with one attached hydrogen (secondary N) is 1. The zero-order valence-electron chi connectivity index (χ0n) is 12.3. The minimum Gasteiger partial charge on any atom is -0.392 e. The van der Waals surface area contributed by atoms with E-state index in [1.807, 2.05) is 18.3 Å². The molecule has 0 spiro atoms. The van der Waals surface area contributed by atoms with Crippen molar-refractivity contribution in [2.45, 2.75) is 32.9 Å². The molecule has 0 saturated carbocycles. The maximum Gasteiger partial charge on any atom is 0.0705 e. The second kappa shape index (κ2) is 5.66. The SMILES string of the molecule is Cc1c(C2=CC=NC(C)C2)[nH]c(-c2ccncc2)c1CO.